The highest BCUT2D eigenvalue weighted by molar-refractivity contribution is 6.16. The number of hydrogen-bond donors (Lipinski definition) is 0. The fraction of sp³-hybridized carbons (Fsp3) is 0.318. The van der Waals surface area contributed by atoms with Gasteiger partial charge < -0.3 is 9.64 Å². The van der Waals surface area contributed by atoms with Gasteiger partial charge in [0.05, 0.1) is 4.92 Å². The third-order valence-corrected chi connectivity index (χ3v) is 5.98. The first-order valence-electron chi connectivity index (χ1n) is 10.2. The summed E-state index contributed by atoms with van der Waals surface area (Å²) in [6.45, 7) is 0.629. The Kier molecular flexibility index (Phi) is 5.52. The summed E-state index contributed by atoms with van der Waals surface area (Å²) in [5.74, 6) is -0.349. The number of nitro groups is 1. The fourth-order valence-electron chi connectivity index (χ4n) is 4.22. The van der Waals surface area contributed by atoms with E-state index in [9.17, 15) is 24.5 Å². The van der Waals surface area contributed by atoms with Gasteiger partial charge in [-0.1, -0.05) is 30.3 Å². The second-order valence-corrected chi connectivity index (χ2v) is 7.81. The summed E-state index contributed by atoms with van der Waals surface area (Å²) in [7, 11) is 1.41. The van der Waals surface area contributed by atoms with Gasteiger partial charge in [0.1, 0.15) is 12.1 Å². The maximum atomic E-state index is 13.1. The van der Waals surface area contributed by atoms with Crippen LogP contribution in [0.1, 0.15) is 18.4 Å². The van der Waals surface area contributed by atoms with Crippen molar-refractivity contribution >= 4 is 29.4 Å². The number of piperidine rings is 1. The number of imide groups is 1. The minimum absolute atomic E-state index is 0.106. The lowest BCUT2D eigenvalue weighted by Gasteiger charge is -2.41. The van der Waals surface area contributed by atoms with Crippen molar-refractivity contribution < 1.29 is 24.0 Å². The molecule has 0 bridgehead atoms. The van der Waals surface area contributed by atoms with Crippen LogP contribution in [0, 0.1) is 10.1 Å². The van der Waals surface area contributed by atoms with Crippen molar-refractivity contribution in [3.8, 4) is 0 Å². The van der Waals surface area contributed by atoms with Crippen molar-refractivity contribution in [1.82, 2.24) is 9.80 Å². The molecular weight excluding hydrogens is 416 g/mol. The van der Waals surface area contributed by atoms with Gasteiger partial charge in [0, 0.05) is 38.0 Å². The fourth-order valence-corrected chi connectivity index (χ4v) is 4.22. The molecule has 0 radical (unpaired) electrons. The lowest BCUT2D eigenvalue weighted by Crippen LogP contribution is -2.57. The first-order valence-corrected chi connectivity index (χ1v) is 10.2. The molecule has 2 aromatic carbocycles. The van der Waals surface area contributed by atoms with Gasteiger partial charge >= 0.3 is 12.1 Å². The number of ether oxygens (including phenoxy) is 1. The highest BCUT2D eigenvalue weighted by atomic mass is 16.6. The van der Waals surface area contributed by atoms with E-state index in [1.807, 2.05) is 30.3 Å². The van der Waals surface area contributed by atoms with Crippen LogP contribution in [0.3, 0.4) is 0 Å². The third kappa shape index (κ3) is 3.64. The summed E-state index contributed by atoms with van der Waals surface area (Å²) >= 11 is 0. The van der Waals surface area contributed by atoms with E-state index in [4.69, 9.17) is 4.74 Å². The van der Waals surface area contributed by atoms with E-state index in [2.05, 4.69) is 0 Å². The van der Waals surface area contributed by atoms with Crippen LogP contribution in [0.5, 0.6) is 0 Å². The summed E-state index contributed by atoms with van der Waals surface area (Å²) in [5.41, 5.74) is 0.0263. The number of likely N-dealkylation sites (N-methyl/N-ethyl adjacent to an activating group) is 1. The molecule has 2 heterocycles. The minimum atomic E-state index is -1.14. The Morgan fingerprint density at radius 2 is 1.69 bits per heavy atom. The molecule has 1 spiro atoms. The zero-order valence-electron chi connectivity index (χ0n) is 17.5. The van der Waals surface area contributed by atoms with Gasteiger partial charge in [-0.2, -0.15) is 0 Å². The quantitative estimate of drug-likeness (QED) is 0.412. The molecule has 2 saturated heterocycles. The first kappa shape index (κ1) is 21.3. The Hall–Kier alpha value is -3.95. The van der Waals surface area contributed by atoms with Crippen molar-refractivity contribution in [1.29, 1.82) is 0 Å². The molecule has 4 rings (SSSR count). The summed E-state index contributed by atoms with van der Waals surface area (Å²) < 4.78 is 5.38. The molecule has 0 aliphatic carbocycles. The molecule has 0 unspecified atom stereocenters. The van der Waals surface area contributed by atoms with Crippen LogP contribution in [-0.2, 0) is 16.1 Å². The summed E-state index contributed by atoms with van der Waals surface area (Å²) in [6, 6.07) is 14.4. The van der Waals surface area contributed by atoms with E-state index in [0.717, 1.165) is 10.5 Å². The number of nitro benzene ring substituents is 1. The third-order valence-electron chi connectivity index (χ3n) is 5.98. The second-order valence-electron chi connectivity index (χ2n) is 7.81. The minimum Gasteiger partial charge on any atom is -0.445 e. The van der Waals surface area contributed by atoms with Crippen LogP contribution in [0.25, 0.3) is 0 Å². The number of amides is 4. The molecule has 10 nitrogen and oxygen atoms in total. The molecule has 10 heteroatoms. The molecule has 0 atom stereocenters. The molecular formula is C22H22N4O6. The molecule has 2 fully saturated rings. The maximum absolute atomic E-state index is 13.1. The van der Waals surface area contributed by atoms with Crippen molar-refractivity contribution in [2.75, 3.05) is 25.0 Å². The number of carbonyl (C=O) groups excluding carboxylic acids is 3. The molecule has 0 N–H and O–H groups in total. The lowest BCUT2D eigenvalue weighted by atomic mass is 9.85. The normalized spacial score (nSPS) is 17.7. The molecule has 2 aliphatic rings. The smallest absolute Gasteiger partial charge is 0.410 e. The number of non-ortho nitro benzene ring substituents is 1. The van der Waals surface area contributed by atoms with Crippen LogP contribution in [0.2, 0.25) is 0 Å². The number of nitrogens with zero attached hydrogens (tertiary/aromatic N) is 4. The highest BCUT2D eigenvalue weighted by Crippen LogP contribution is 2.40. The van der Waals surface area contributed by atoms with Crippen LogP contribution in [0.4, 0.5) is 21.0 Å². The average molecular weight is 438 g/mol. The SMILES string of the molecule is CN1C(=O)N(c2ccc([N+](=O)[O-])cc2)C2(CCN(C(=O)OCc3ccccc3)CC2)C1=O. The van der Waals surface area contributed by atoms with E-state index in [0.29, 0.717) is 5.69 Å². The topological polar surface area (TPSA) is 113 Å². The van der Waals surface area contributed by atoms with Gasteiger partial charge in [0.15, 0.2) is 0 Å². The number of anilines is 1. The van der Waals surface area contributed by atoms with Gasteiger partial charge in [-0.25, -0.2) is 9.59 Å². The van der Waals surface area contributed by atoms with Crippen molar-refractivity contribution in [3.05, 3.63) is 70.3 Å². The average Bonchev–Trinajstić information content (AvgIpc) is 2.99. The maximum Gasteiger partial charge on any atom is 0.410 e. The molecule has 2 aromatic rings. The van der Waals surface area contributed by atoms with E-state index < -0.39 is 22.6 Å². The van der Waals surface area contributed by atoms with Crippen molar-refractivity contribution in [3.63, 3.8) is 0 Å². The van der Waals surface area contributed by atoms with E-state index in [-0.39, 0.29) is 44.1 Å². The summed E-state index contributed by atoms with van der Waals surface area (Å²) in [4.78, 5) is 52.8. The molecule has 0 saturated carbocycles. The number of urea groups is 1. The van der Waals surface area contributed by atoms with E-state index in [1.54, 1.807) is 0 Å². The molecule has 166 valence electrons. The number of hydrogen-bond acceptors (Lipinski definition) is 6. The molecule has 0 aromatic heterocycles. The number of likely N-dealkylation sites (tertiary alicyclic amines) is 1. The Balaban J connectivity index is 1.49. The Morgan fingerprint density at radius 3 is 2.28 bits per heavy atom. The Morgan fingerprint density at radius 1 is 1.06 bits per heavy atom. The number of benzene rings is 2. The van der Waals surface area contributed by atoms with Gasteiger partial charge in [-0.3, -0.25) is 24.7 Å². The standard InChI is InChI=1S/C22H22N4O6/c1-23-19(27)22(25(20(23)28)17-7-9-18(10-8-17)26(30)31)11-13-24(14-12-22)21(29)32-15-16-5-3-2-4-6-16/h2-10H,11-15H2,1H3. The zero-order valence-corrected chi connectivity index (χ0v) is 17.5. The van der Waals surface area contributed by atoms with Crippen LogP contribution < -0.4 is 4.90 Å². The van der Waals surface area contributed by atoms with Crippen LogP contribution >= 0.6 is 0 Å². The van der Waals surface area contributed by atoms with Gasteiger partial charge in [0.25, 0.3) is 11.6 Å². The highest BCUT2D eigenvalue weighted by Gasteiger charge is 2.58. The Labute approximate surface area is 184 Å². The first-order chi connectivity index (χ1) is 15.3. The monoisotopic (exact) mass is 438 g/mol. The van der Waals surface area contributed by atoms with Gasteiger partial charge in [-0.15, -0.1) is 0 Å². The predicted molar refractivity (Wildman–Crippen MR) is 114 cm³/mol. The Bertz CT molecular complexity index is 1050. The number of rotatable bonds is 4. The molecule has 4 amide bonds. The molecule has 32 heavy (non-hydrogen) atoms. The summed E-state index contributed by atoms with van der Waals surface area (Å²) in [6.07, 6.45) is -0.00528. The second kappa shape index (κ2) is 8.29. The molecule has 2 aliphatic heterocycles. The summed E-state index contributed by atoms with van der Waals surface area (Å²) in [5, 5.41) is 11.0. The predicted octanol–water partition coefficient (Wildman–Crippen LogP) is 3.16. The van der Waals surface area contributed by atoms with Gasteiger partial charge in [0.2, 0.25) is 0 Å². The van der Waals surface area contributed by atoms with Crippen LogP contribution in [0.15, 0.2) is 54.6 Å². The number of carbonyl (C=O) groups is 3. The van der Waals surface area contributed by atoms with Crippen molar-refractivity contribution in [2.24, 2.45) is 0 Å². The van der Waals surface area contributed by atoms with Gasteiger partial charge in [-0.05, 0) is 30.5 Å². The van der Waals surface area contributed by atoms with E-state index in [1.165, 1.54) is 41.1 Å². The van der Waals surface area contributed by atoms with Crippen LogP contribution in [-0.4, -0.2) is 58.4 Å². The van der Waals surface area contributed by atoms with Crippen molar-refractivity contribution in [2.45, 2.75) is 25.0 Å². The largest absolute Gasteiger partial charge is 0.445 e. The lowest BCUT2D eigenvalue weighted by molar-refractivity contribution is -0.384. The zero-order chi connectivity index (χ0) is 22.9. The van der Waals surface area contributed by atoms with E-state index >= 15 is 0 Å².